The van der Waals surface area contributed by atoms with Gasteiger partial charge in [0.1, 0.15) is 0 Å². The van der Waals surface area contributed by atoms with Crippen LogP contribution in [0.4, 0.5) is 45.2 Å². The van der Waals surface area contributed by atoms with Gasteiger partial charge < -0.3 is 4.90 Å². The van der Waals surface area contributed by atoms with Gasteiger partial charge in [0.25, 0.3) is 5.91 Å². The summed E-state index contributed by atoms with van der Waals surface area (Å²) in [6.07, 6.45) is -18.1. The minimum absolute atomic E-state index is 0.0949. The molecule has 0 unspecified atom stereocenters. The maximum atomic E-state index is 13.3. The van der Waals surface area contributed by atoms with E-state index in [-0.39, 0.29) is 4.90 Å². The van der Waals surface area contributed by atoms with Crippen LogP contribution in [0.1, 0.15) is 0 Å². The van der Waals surface area contributed by atoms with Crippen molar-refractivity contribution in [3.05, 3.63) is 43.0 Å². The Morgan fingerprint density at radius 3 is 1.85 bits per heavy atom. The van der Waals surface area contributed by atoms with Crippen LogP contribution in [0.5, 0.6) is 0 Å². The highest BCUT2D eigenvalue weighted by atomic mass is 19.4. The third-order valence-electron chi connectivity index (χ3n) is 3.18. The van der Waals surface area contributed by atoms with Crippen molar-refractivity contribution in [2.45, 2.75) is 24.1 Å². The van der Waals surface area contributed by atoms with Crippen LogP contribution in [0.3, 0.4) is 0 Å². The van der Waals surface area contributed by atoms with Gasteiger partial charge in [0.05, 0.1) is 0 Å². The molecule has 0 atom stereocenters. The number of rotatable bonds is 7. The second-order valence-electron chi connectivity index (χ2n) is 5.09. The highest BCUT2D eigenvalue weighted by Gasteiger charge is 2.80. The summed E-state index contributed by atoms with van der Waals surface area (Å²) >= 11 is 0. The highest BCUT2D eigenvalue weighted by molar-refractivity contribution is 6.01. The van der Waals surface area contributed by atoms with Crippen molar-refractivity contribution in [3.63, 3.8) is 0 Å². The molecule has 0 saturated carbocycles. The lowest BCUT2D eigenvalue weighted by molar-refractivity contribution is -0.422. The van der Waals surface area contributed by atoms with E-state index >= 15 is 0 Å². The third kappa shape index (κ3) is 4.54. The van der Waals surface area contributed by atoms with E-state index in [1.807, 2.05) is 0 Å². The lowest BCUT2D eigenvalue weighted by Gasteiger charge is -2.40. The van der Waals surface area contributed by atoms with Crippen LogP contribution in [0.15, 0.2) is 43.0 Å². The van der Waals surface area contributed by atoms with Gasteiger partial charge in [0.2, 0.25) is 0 Å². The molecule has 3 nitrogen and oxygen atoms in total. The van der Waals surface area contributed by atoms with Crippen LogP contribution in [-0.4, -0.2) is 43.2 Å². The van der Waals surface area contributed by atoms with Gasteiger partial charge in [-0.3, -0.25) is 9.53 Å². The molecule has 0 aliphatic heterocycles. The Morgan fingerprint density at radius 1 is 1.00 bits per heavy atom. The first kappa shape index (κ1) is 22.8. The van der Waals surface area contributed by atoms with E-state index in [0.29, 0.717) is 0 Å². The van der Waals surface area contributed by atoms with Crippen molar-refractivity contribution in [3.8, 4) is 0 Å². The Bertz CT molecular complexity index is 641. The molecule has 1 amide bonds. The molecule has 12 heteroatoms. The van der Waals surface area contributed by atoms with Crippen molar-refractivity contribution in [1.29, 1.82) is 0 Å². The average molecular weight is 409 g/mol. The van der Waals surface area contributed by atoms with Gasteiger partial charge in [-0.1, -0.05) is 24.3 Å². The molecular weight excluding hydrogens is 397 g/mol. The summed E-state index contributed by atoms with van der Waals surface area (Å²) in [6.45, 7) is -0.814. The SMILES string of the molecule is C=CCN(C(=O)C(OC(F)(F)CF)(C(F)(F)F)C(F)(F)F)c1ccccc1. The molecule has 0 aromatic heterocycles. The summed E-state index contributed by atoms with van der Waals surface area (Å²) in [4.78, 5) is 12.2. The molecule has 1 rings (SSSR count). The van der Waals surface area contributed by atoms with Gasteiger partial charge in [-0.15, -0.1) is 6.58 Å². The van der Waals surface area contributed by atoms with Gasteiger partial charge in [-0.05, 0) is 12.1 Å². The van der Waals surface area contributed by atoms with Gasteiger partial charge in [-0.25, -0.2) is 4.39 Å². The standard InChI is InChI=1S/C15H12F9NO2/c1-2-8-25(10-6-4-3-5-7-10)11(26)13(14(19,20)21,15(22,23)24)27-12(17,18)9-16/h2-7H,1,8-9H2. The number of benzene rings is 1. The second-order valence-corrected chi connectivity index (χ2v) is 5.09. The molecule has 0 fully saturated rings. The van der Waals surface area contributed by atoms with E-state index in [2.05, 4.69) is 11.3 Å². The summed E-state index contributed by atoms with van der Waals surface area (Å²) in [5.41, 5.74) is -6.48. The average Bonchev–Trinajstić information content (AvgIpc) is 2.55. The van der Waals surface area contributed by atoms with Crippen LogP contribution in [0, 0.1) is 0 Å². The molecule has 1 aromatic rings. The van der Waals surface area contributed by atoms with Gasteiger partial charge in [0.15, 0.2) is 6.67 Å². The second kappa shape index (κ2) is 7.79. The maximum absolute atomic E-state index is 13.3. The van der Waals surface area contributed by atoms with Crippen LogP contribution in [0.25, 0.3) is 0 Å². The first-order valence-corrected chi connectivity index (χ1v) is 6.99. The fourth-order valence-electron chi connectivity index (χ4n) is 2.05. The number of carbonyl (C=O) groups is 1. The summed E-state index contributed by atoms with van der Waals surface area (Å²) in [7, 11) is 0. The molecule has 0 bridgehead atoms. The number of hydrogen-bond donors (Lipinski definition) is 0. The van der Waals surface area contributed by atoms with E-state index < -0.39 is 48.9 Å². The van der Waals surface area contributed by atoms with E-state index in [1.165, 1.54) is 18.2 Å². The molecular formula is C15H12F9NO2. The fourth-order valence-corrected chi connectivity index (χ4v) is 2.05. The quantitative estimate of drug-likeness (QED) is 0.485. The topological polar surface area (TPSA) is 29.5 Å². The summed E-state index contributed by atoms with van der Waals surface area (Å²) < 4.78 is 121. The number of nitrogens with zero attached hydrogens (tertiary/aromatic N) is 1. The molecule has 0 aliphatic carbocycles. The predicted octanol–water partition coefficient (Wildman–Crippen LogP) is 4.65. The largest absolute Gasteiger partial charge is 0.436 e. The van der Waals surface area contributed by atoms with Crippen LogP contribution in [-0.2, 0) is 9.53 Å². The first-order chi connectivity index (χ1) is 12.2. The van der Waals surface area contributed by atoms with Crippen LogP contribution in [0.2, 0.25) is 0 Å². The number of halogens is 9. The zero-order valence-corrected chi connectivity index (χ0v) is 13.3. The Balaban J connectivity index is 3.69. The number of hydrogen-bond acceptors (Lipinski definition) is 2. The number of ether oxygens (including phenoxy) is 1. The molecule has 27 heavy (non-hydrogen) atoms. The lowest BCUT2D eigenvalue weighted by atomic mass is 9.99. The monoisotopic (exact) mass is 409 g/mol. The molecule has 0 spiro atoms. The van der Waals surface area contributed by atoms with E-state index in [0.717, 1.165) is 18.2 Å². The molecule has 0 radical (unpaired) electrons. The fraction of sp³-hybridized carbons (Fsp3) is 0.400. The lowest BCUT2D eigenvalue weighted by Crippen LogP contribution is -2.70. The number of carbonyl (C=O) groups excluding carboxylic acids is 1. The van der Waals surface area contributed by atoms with Gasteiger partial charge in [-0.2, -0.15) is 35.1 Å². The zero-order valence-electron chi connectivity index (χ0n) is 13.3. The number of alkyl halides is 9. The Labute approximate surface area is 147 Å². The van der Waals surface area contributed by atoms with Crippen molar-refractivity contribution in [2.24, 2.45) is 0 Å². The normalized spacial score (nSPS) is 13.4. The van der Waals surface area contributed by atoms with E-state index in [9.17, 15) is 44.3 Å². The molecule has 1 aromatic carbocycles. The number of anilines is 1. The van der Waals surface area contributed by atoms with Crippen molar-refractivity contribution < 1.29 is 49.0 Å². The minimum Gasteiger partial charge on any atom is -0.305 e. The zero-order chi connectivity index (χ0) is 21.1. The van der Waals surface area contributed by atoms with Gasteiger partial charge in [0, 0.05) is 12.2 Å². The molecule has 0 saturated heterocycles. The third-order valence-corrected chi connectivity index (χ3v) is 3.18. The van der Waals surface area contributed by atoms with Crippen LogP contribution < -0.4 is 4.90 Å². The predicted molar refractivity (Wildman–Crippen MR) is 75.8 cm³/mol. The van der Waals surface area contributed by atoms with Crippen LogP contribution >= 0.6 is 0 Å². The molecule has 0 heterocycles. The molecule has 0 aliphatic rings. The summed E-state index contributed by atoms with van der Waals surface area (Å²) in [6, 6.07) is 5.63. The Kier molecular flexibility index (Phi) is 6.57. The highest BCUT2D eigenvalue weighted by Crippen LogP contribution is 2.50. The van der Waals surface area contributed by atoms with Crippen molar-refractivity contribution >= 4 is 11.6 Å². The Morgan fingerprint density at radius 2 is 1.48 bits per heavy atom. The van der Waals surface area contributed by atoms with Crippen molar-refractivity contribution in [2.75, 3.05) is 18.1 Å². The Hall–Kier alpha value is -2.24. The molecule has 152 valence electrons. The summed E-state index contributed by atoms with van der Waals surface area (Å²) in [5.74, 6) is -2.92. The smallest absolute Gasteiger partial charge is 0.305 e. The number of amides is 1. The van der Waals surface area contributed by atoms with E-state index in [1.54, 1.807) is 0 Å². The summed E-state index contributed by atoms with van der Waals surface area (Å²) in [5, 5.41) is 0. The first-order valence-electron chi connectivity index (χ1n) is 6.99. The minimum atomic E-state index is -6.69. The van der Waals surface area contributed by atoms with E-state index in [4.69, 9.17) is 0 Å². The van der Waals surface area contributed by atoms with Gasteiger partial charge >= 0.3 is 24.1 Å². The number of para-hydroxylation sites is 1. The molecule has 0 N–H and O–H groups in total. The maximum Gasteiger partial charge on any atom is 0.436 e. The van der Waals surface area contributed by atoms with Crippen molar-refractivity contribution in [1.82, 2.24) is 0 Å².